The van der Waals surface area contributed by atoms with Crippen LogP contribution in [-0.2, 0) is 16.1 Å². The van der Waals surface area contributed by atoms with E-state index in [2.05, 4.69) is 21.4 Å². The van der Waals surface area contributed by atoms with Crippen LogP contribution in [0.5, 0.6) is 11.5 Å². The van der Waals surface area contributed by atoms with Gasteiger partial charge in [0.25, 0.3) is 0 Å². The molecule has 1 aliphatic heterocycles. The molecule has 2 aromatic carbocycles. The highest BCUT2D eigenvalue weighted by Gasteiger charge is 2.16. The van der Waals surface area contributed by atoms with Crippen molar-refractivity contribution < 1.29 is 19.0 Å². The molecule has 1 aromatic heterocycles. The molecule has 0 saturated heterocycles. The lowest BCUT2D eigenvalue weighted by Crippen LogP contribution is -2.28. The Labute approximate surface area is 179 Å². The molecule has 0 amide bonds. The normalized spacial score (nSPS) is 11.8. The van der Waals surface area contributed by atoms with E-state index in [1.807, 2.05) is 18.2 Å². The molecule has 31 heavy (non-hydrogen) atoms. The van der Waals surface area contributed by atoms with Crippen LogP contribution in [0.25, 0.3) is 10.9 Å². The highest BCUT2D eigenvalue weighted by Crippen LogP contribution is 2.33. The first kappa shape index (κ1) is 20.2. The third-order valence-electron chi connectivity index (χ3n) is 4.72. The average Bonchev–Trinajstić information content (AvgIpc) is 3.25. The Kier molecular flexibility index (Phi) is 5.71. The molecule has 1 N–H and O–H groups in total. The highest BCUT2D eigenvalue weighted by atomic mass is 16.7. The number of aromatic nitrogens is 2. The lowest BCUT2D eigenvalue weighted by molar-refractivity contribution is -0.141. The van der Waals surface area contributed by atoms with E-state index in [1.165, 1.54) is 0 Å². The predicted octanol–water partition coefficient (Wildman–Crippen LogP) is 2.84. The molecule has 158 valence electrons. The summed E-state index contributed by atoms with van der Waals surface area (Å²) in [4.78, 5) is 22.7. The number of carbonyl (C=O) groups is 1. The van der Waals surface area contributed by atoms with Crippen LogP contribution in [0, 0.1) is 11.3 Å². The van der Waals surface area contributed by atoms with Crippen molar-refractivity contribution in [3.05, 3.63) is 47.5 Å². The second-order valence-electron chi connectivity index (χ2n) is 6.92. The van der Waals surface area contributed by atoms with Gasteiger partial charge < -0.3 is 24.4 Å². The zero-order valence-electron chi connectivity index (χ0n) is 17.2. The zero-order valence-corrected chi connectivity index (χ0v) is 17.2. The van der Waals surface area contributed by atoms with E-state index in [0.29, 0.717) is 47.1 Å². The summed E-state index contributed by atoms with van der Waals surface area (Å²) in [5.41, 5.74) is 2.15. The van der Waals surface area contributed by atoms with E-state index in [0.717, 1.165) is 11.3 Å². The maximum absolute atomic E-state index is 11.9. The van der Waals surface area contributed by atoms with Gasteiger partial charge in [0.2, 0.25) is 12.7 Å². The number of benzene rings is 2. The Morgan fingerprint density at radius 2 is 2.06 bits per heavy atom. The van der Waals surface area contributed by atoms with E-state index in [9.17, 15) is 10.1 Å². The Morgan fingerprint density at radius 3 is 2.87 bits per heavy atom. The van der Waals surface area contributed by atoms with Crippen LogP contribution in [0.15, 0.2) is 36.4 Å². The van der Waals surface area contributed by atoms with Crippen molar-refractivity contribution in [1.29, 1.82) is 5.26 Å². The van der Waals surface area contributed by atoms with Crippen LogP contribution in [-0.4, -0.2) is 42.9 Å². The van der Waals surface area contributed by atoms with Crippen LogP contribution in [0.3, 0.4) is 0 Å². The number of carbonyl (C=O) groups excluding carboxylic acids is 1. The number of likely N-dealkylation sites (N-methyl/N-ethyl adjacent to an activating group) is 1. The van der Waals surface area contributed by atoms with Crippen molar-refractivity contribution in [2.75, 3.05) is 37.2 Å². The van der Waals surface area contributed by atoms with Gasteiger partial charge in [-0.15, -0.1) is 0 Å². The first-order valence-corrected chi connectivity index (χ1v) is 9.78. The minimum absolute atomic E-state index is 0.0250. The van der Waals surface area contributed by atoms with E-state index < -0.39 is 0 Å². The molecule has 4 rings (SSSR count). The average molecular weight is 419 g/mol. The smallest absolute Gasteiger partial charge is 0.325 e. The maximum Gasteiger partial charge on any atom is 0.325 e. The molecular formula is C22H21N5O4. The molecule has 9 heteroatoms. The highest BCUT2D eigenvalue weighted by molar-refractivity contribution is 5.91. The number of hydrogen-bond donors (Lipinski definition) is 1. The van der Waals surface area contributed by atoms with Gasteiger partial charge in [0.15, 0.2) is 11.5 Å². The molecule has 0 saturated carbocycles. The fraction of sp³-hybridized carbons (Fsp3) is 0.273. The maximum atomic E-state index is 11.9. The summed E-state index contributed by atoms with van der Waals surface area (Å²) < 4.78 is 15.8. The molecule has 0 atom stereocenters. The van der Waals surface area contributed by atoms with Crippen LogP contribution >= 0.6 is 0 Å². The quantitative estimate of drug-likeness (QED) is 0.578. The Balaban J connectivity index is 1.64. The van der Waals surface area contributed by atoms with Crippen molar-refractivity contribution >= 4 is 28.6 Å². The number of nitrogens with one attached hydrogen (secondary N) is 1. The van der Waals surface area contributed by atoms with Gasteiger partial charge in [0, 0.05) is 19.0 Å². The molecule has 9 nitrogen and oxygen atoms in total. The van der Waals surface area contributed by atoms with E-state index in [-0.39, 0.29) is 19.3 Å². The minimum Gasteiger partial charge on any atom is -0.465 e. The number of rotatable bonds is 7. The monoisotopic (exact) mass is 419 g/mol. The summed E-state index contributed by atoms with van der Waals surface area (Å²) in [6.07, 6.45) is 0. The third-order valence-corrected chi connectivity index (χ3v) is 4.72. The van der Waals surface area contributed by atoms with Crippen LogP contribution in [0.2, 0.25) is 0 Å². The molecule has 2 heterocycles. The second-order valence-corrected chi connectivity index (χ2v) is 6.92. The summed E-state index contributed by atoms with van der Waals surface area (Å²) >= 11 is 0. The van der Waals surface area contributed by atoms with Crippen molar-refractivity contribution in [3.63, 3.8) is 0 Å². The van der Waals surface area contributed by atoms with Gasteiger partial charge in [-0.1, -0.05) is 6.07 Å². The molecule has 3 aromatic rings. The standard InChI is InChI=1S/C22H21N5O4/c1-3-29-20(28)12-27(2)22-25-17-6-4-14(10-23)8-16(17)21(26-22)24-11-15-5-7-18-19(9-15)31-13-30-18/h4-9H,3,11-13H2,1-2H3,(H,24,25,26). The fourth-order valence-corrected chi connectivity index (χ4v) is 3.20. The molecule has 0 fully saturated rings. The largest absolute Gasteiger partial charge is 0.465 e. The molecule has 0 radical (unpaired) electrons. The molecule has 1 aliphatic rings. The zero-order chi connectivity index (χ0) is 21.8. The minimum atomic E-state index is -0.358. The number of nitriles is 1. The fourth-order valence-electron chi connectivity index (χ4n) is 3.20. The summed E-state index contributed by atoms with van der Waals surface area (Å²) in [7, 11) is 1.73. The van der Waals surface area contributed by atoms with Gasteiger partial charge in [-0.2, -0.15) is 10.2 Å². The van der Waals surface area contributed by atoms with Crippen molar-refractivity contribution in [2.45, 2.75) is 13.5 Å². The summed E-state index contributed by atoms with van der Waals surface area (Å²) in [6.45, 7) is 2.79. The van der Waals surface area contributed by atoms with E-state index in [4.69, 9.17) is 14.2 Å². The first-order valence-electron chi connectivity index (χ1n) is 9.78. The predicted molar refractivity (Wildman–Crippen MR) is 114 cm³/mol. The number of fused-ring (bicyclic) bond motifs is 2. The Hall–Kier alpha value is -4.06. The van der Waals surface area contributed by atoms with Crippen molar-refractivity contribution in [2.24, 2.45) is 0 Å². The lowest BCUT2D eigenvalue weighted by atomic mass is 10.1. The number of anilines is 2. The van der Waals surface area contributed by atoms with Crippen LogP contribution in [0.4, 0.5) is 11.8 Å². The van der Waals surface area contributed by atoms with Gasteiger partial charge in [0.05, 0.1) is 23.8 Å². The number of hydrogen-bond acceptors (Lipinski definition) is 9. The van der Waals surface area contributed by atoms with Gasteiger partial charge in [-0.05, 0) is 42.8 Å². The van der Waals surface area contributed by atoms with E-state index >= 15 is 0 Å². The number of ether oxygens (including phenoxy) is 3. The van der Waals surface area contributed by atoms with Crippen LogP contribution < -0.4 is 19.7 Å². The topological polar surface area (TPSA) is 110 Å². The summed E-state index contributed by atoms with van der Waals surface area (Å²) in [5.74, 6) is 2.00. The third kappa shape index (κ3) is 4.43. The number of nitrogens with zero attached hydrogens (tertiary/aromatic N) is 4. The van der Waals surface area contributed by atoms with Gasteiger partial charge >= 0.3 is 5.97 Å². The molecule has 0 aliphatic carbocycles. The SMILES string of the molecule is CCOC(=O)CN(C)c1nc(NCc2ccc3c(c2)OCO3)c2cc(C#N)ccc2n1. The van der Waals surface area contributed by atoms with Crippen molar-refractivity contribution in [1.82, 2.24) is 9.97 Å². The molecule has 0 unspecified atom stereocenters. The van der Waals surface area contributed by atoms with Crippen LogP contribution in [0.1, 0.15) is 18.1 Å². The van der Waals surface area contributed by atoms with Gasteiger partial charge in [-0.3, -0.25) is 4.79 Å². The second kappa shape index (κ2) is 8.75. The number of esters is 1. The Morgan fingerprint density at radius 1 is 1.23 bits per heavy atom. The molecule has 0 spiro atoms. The van der Waals surface area contributed by atoms with Crippen molar-refractivity contribution in [3.8, 4) is 17.6 Å². The molecule has 0 bridgehead atoms. The van der Waals surface area contributed by atoms with Gasteiger partial charge in [0.1, 0.15) is 12.4 Å². The van der Waals surface area contributed by atoms with Gasteiger partial charge in [-0.25, -0.2) is 4.98 Å². The van der Waals surface area contributed by atoms with E-state index in [1.54, 1.807) is 37.1 Å². The molecular weight excluding hydrogens is 398 g/mol. The lowest BCUT2D eigenvalue weighted by Gasteiger charge is -2.18. The summed E-state index contributed by atoms with van der Waals surface area (Å²) in [6, 6.07) is 13.1. The summed E-state index contributed by atoms with van der Waals surface area (Å²) in [5, 5.41) is 13.3. The Bertz CT molecular complexity index is 1170. The first-order chi connectivity index (χ1) is 15.1.